The number of hydrogen-bond donors (Lipinski definition) is 1. The van der Waals surface area contributed by atoms with E-state index in [1.807, 2.05) is 30.3 Å². The topological polar surface area (TPSA) is 91.2 Å². The fraction of sp³-hybridized carbons (Fsp3) is 0.211. The van der Waals surface area contributed by atoms with Gasteiger partial charge in [-0.05, 0) is 42.2 Å². The van der Waals surface area contributed by atoms with E-state index in [-0.39, 0.29) is 6.61 Å². The number of hydrogen-bond acceptors (Lipinski definition) is 5. The van der Waals surface area contributed by atoms with Gasteiger partial charge in [0.05, 0.1) is 0 Å². The summed E-state index contributed by atoms with van der Waals surface area (Å²) in [5.74, 6) is 2.04. The molecular weight excluding hydrogens is 318 g/mol. The number of rotatable bonds is 6. The maximum absolute atomic E-state index is 10.7. The van der Waals surface area contributed by atoms with Crippen molar-refractivity contribution in [2.24, 2.45) is 5.73 Å². The van der Waals surface area contributed by atoms with Gasteiger partial charge in [0.15, 0.2) is 6.61 Å². The van der Waals surface area contributed by atoms with E-state index in [0.29, 0.717) is 29.3 Å². The molecule has 1 saturated carbocycles. The molecule has 1 aromatic heterocycles. The number of primary amides is 1. The summed E-state index contributed by atoms with van der Waals surface area (Å²) in [6.07, 6.45) is 1.03. The third-order valence-electron chi connectivity index (χ3n) is 4.27. The maximum atomic E-state index is 10.7. The van der Waals surface area contributed by atoms with Crippen LogP contribution in [-0.2, 0) is 4.79 Å². The van der Waals surface area contributed by atoms with E-state index in [9.17, 15) is 4.79 Å². The van der Waals surface area contributed by atoms with Gasteiger partial charge in [-0.2, -0.15) is 4.98 Å². The van der Waals surface area contributed by atoms with Crippen LogP contribution >= 0.6 is 0 Å². The normalized spacial score (nSPS) is 18.7. The molecular formula is C19H17N3O3. The predicted molar refractivity (Wildman–Crippen MR) is 91.0 cm³/mol. The molecule has 1 amide bonds. The summed E-state index contributed by atoms with van der Waals surface area (Å²) in [4.78, 5) is 15.3. The molecule has 2 aromatic carbocycles. The minimum absolute atomic E-state index is 0.145. The largest absolute Gasteiger partial charge is 0.484 e. The first-order valence-corrected chi connectivity index (χ1v) is 8.11. The van der Waals surface area contributed by atoms with Crippen molar-refractivity contribution in [2.75, 3.05) is 6.61 Å². The number of ether oxygens (including phenoxy) is 1. The summed E-state index contributed by atoms with van der Waals surface area (Å²) in [6.45, 7) is -0.145. The molecule has 4 rings (SSSR count). The fourth-order valence-electron chi connectivity index (χ4n) is 2.89. The number of nitrogens with two attached hydrogens (primary N) is 1. The van der Waals surface area contributed by atoms with E-state index in [4.69, 9.17) is 15.0 Å². The summed E-state index contributed by atoms with van der Waals surface area (Å²) in [5, 5.41) is 4.08. The molecule has 2 atom stereocenters. The van der Waals surface area contributed by atoms with Gasteiger partial charge in [-0.3, -0.25) is 4.79 Å². The van der Waals surface area contributed by atoms with Crippen molar-refractivity contribution in [3.8, 4) is 17.1 Å². The van der Waals surface area contributed by atoms with Crippen LogP contribution in [0.1, 0.15) is 29.7 Å². The van der Waals surface area contributed by atoms with E-state index in [0.717, 1.165) is 12.0 Å². The first-order chi connectivity index (χ1) is 12.2. The maximum Gasteiger partial charge on any atom is 0.255 e. The van der Waals surface area contributed by atoms with Crippen molar-refractivity contribution in [1.29, 1.82) is 0 Å². The summed E-state index contributed by atoms with van der Waals surface area (Å²) < 4.78 is 10.7. The number of carbonyl (C=O) groups is 1. The van der Waals surface area contributed by atoms with Crippen molar-refractivity contribution in [3.05, 3.63) is 66.1 Å². The SMILES string of the molecule is NC(=O)COc1ccc(-c2noc(C3CC3c3ccccc3)n2)cc1. The van der Waals surface area contributed by atoms with E-state index >= 15 is 0 Å². The van der Waals surface area contributed by atoms with Crippen LogP contribution in [0.5, 0.6) is 5.75 Å². The molecule has 3 aromatic rings. The zero-order valence-corrected chi connectivity index (χ0v) is 13.5. The molecule has 2 unspecified atom stereocenters. The van der Waals surface area contributed by atoms with Gasteiger partial charge >= 0.3 is 0 Å². The molecule has 0 aliphatic heterocycles. The number of amides is 1. The average molecular weight is 335 g/mol. The first kappa shape index (κ1) is 15.4. The lowest BCUT2D eigenvalue weighted by atomic mass is 10.1. The van der Waals surface area contributed by atoms with Crippen molar-refractivity contribution in [3.63, 3.8) is 0 Å². The van der Waals surface area contributed by atoms with Gasteiger partial charge in [-0.1, -0.05) is 35.5 Å². The van der Waals surface area contributed by atoms with Crippen LogP contribution < -0.4 is 10.5 Å². The van der Waals surface area contributed by atoms with Gasteiger partial charge in [-0.25, -0.2) is 0 Å². The molecule has 0 radical (unpaired) electrons. The molecule has 0 saturated heterocycles. The highest BCUT2D eigenvalue weighted by molar-refractivity contribution is 5.75. The Morgan fingerprint density at radius 3 is 2.60 bits per heavy atom. The zero-order valence-electron chi connectivity index (χ0n) is 13.5. The van der Waals surface area contributed by atoms with E-state index < -0.39 is 5.91 Å². The Bertz CT molecular complexity index is 874. The molecule has 1 fully saturated rings. The van der Waals surface area contributed by atoms with Crippen molar-refractivity contribution >= 4 is 5.91 Å². The van der Waals surface area contributed by atoms with Crippen LogP contribution in [-0.4, -0.2) is 22.7 Å². The van der Waals surface area contributed by atoms with E-state index in [1.165, 1.54) is 5.56 Å². The standard InChI is InChI=1S/C19H17N3O3/c20-17(23)11-24-14-8-6-13(7-9-14)18-21-19(25-22-18)16-10-15(16)12-4-2-1-3-5-12/h1-9,15-16H,10-11H2,(H2,20,23). The Morgan fingerprint density at radius 1 is 1.12 bits per heavy atom. The van der Waals surface area contributed by atoms with Crippen LogP contribution in [0.25, 0.3) is 11.4 Å². The summed E-state index contributed by atoms with van der Waals surface area (Å²) >= 11 is 0. The third-order valence-corrected chi connectivity index (χ3v) is 4.27. The van der Waals surface area contributed by atoms with E-state index in [1.54, 1.807) is 12.1 Å². The zero-order chi connectivity index (χ0) is 17.2. The quantitative estimate of drug-likeness (QED) is 0.748. The molecule has 126 valence electrons. The Hall–Kier alpha value is -3.15. The van der Waals surface area contributed by atoms with Crippen LogP contribution in [0, 0.1) is 0 Å². The van der Waals surface area contributed by atoms with Crippen LogP contribution in [0.2, 0.25) is 0 Å². The van der Waals surface area contributed by atoms with Gasteiger partial charge in [0.25, 0.3) is 5.91 Å². The molecule has 6 heteroatoms. The highest BCUT2D eigenvalue weighted by Crippen LogP contribution is 2.54. The Balaban J connectivity index is 1.44. The third kappa shape index (κ3) is 3.38. The lowest BCUT2D eigenvalue weighted by molar-refractivity contribution is -0.119. The Kier molecular flexibility index (Phi) is 3.93. The van der Waals surface area contributed by atoms with Crippen molar-refractivity contribution in [1.82, 2.24) is 10.1 Å². The molecule has 25 heavy (non-hydrogen) atoms. The molecule has 2 N–H and O–H groups in total. The Morgan fingerprint density at radius 2 is 1.88 bits per heavy atom. The van der Waals surface area contributed by atoms with Crippen molar-refractivity contribution < 1.29 is 14.1 Å². The van der Waals surface area contributed by atoms with Crippen LogP contribution in [0.3, 0.4) is 0 Å². The second kappa shape index (κ2) is 6.39. The van der Waals surface area contributed by atoms with Gasteiger partial charge in [0, 0.05) is 11.5 Å². The fourth-order valence-corrected chi connectivity index (χ4v) is 2.89. The summed E-state index contributed by atoms with van der Waals surface area (Å²) in [5.41, 5.74) is 7.20. The Labute approximate surface area is 144 Å². The molecule has 0 bridgehead atoms. The highest BCUT2D eigenvalue weighted by atomic mass is 16.5. The minimum Gasteiger partial charge on any atom is -0.484 e. The lowest BCUT2D eigenvalue weighted by Crippen LogP contribution is -2.19. The first-order valence-electron chi connectivity index (χ1n) is 8.11. The summed E-state index contributed by atoms with van der Waals surface area (Å²) in [6, 6.07) is 17.5. The number of aromatic nitrogens is 2. The average Bonchev–Trinajstić information content (AvgIpc) is 3.30. The van der Waals surface area contributed by atoms with Gasteiger partial charge in [0.1, 0.15) is 5.75 Å². The van der Waals surface area contributed by atoms with E-state index in [2.05, 4.69) is 22.3 Å². The van der Waals surface area contributed by atoms with Gasteiger partial charge < -0.3 is 15.0 Å². The van der Waals surface area contributed by atoms with Crippen LogP contribution in [0.4, 0.5) is 0 Å². The summed E-state index contributed by atoms with van der Waals surface area (Å²) in [7, 11) is 0. The molecule has 0 spiro atoms. The second-order valence-corrected chi connectivity index (χ2v) is 6.09. The van der Waals surface area contributed by atoms with Gasteiger partial charge in [0.2, 0.25) is 11.7 Å². The second-order valence-electron chi connectivity index (χ2n) is 6.09. The monoisotopic (exact) mass is 335 g/mol. The van der Waals surface area contributed by atoms with Crippen molar-refractivity contribution in [2.45, 2.75) is 18.3 Å². The highest BCUT2D eigenvalue weighted by Gasteiger charge is 2.43. The van der Waals surface area contributed by atoms with Gasteiger partial charge in [-0.15, -0.1) is 0 Å². The number of benzene rings is 2. The predicted octanol–water partition coefficient (Wildman–Crippen LogP) is 2.87. The number of nitrogens with zero attached hydrogens (tertiary/aromatic N) is 2. The van der Waals surface area contributed by atoms with Crippen LogP contribution in [0.15, 0.2) is 59.1 Å². The molecule has 6 nitrogen and oxygen atoms in total. The molecule has 1 aliphatic rings. The number of carbonyl (C=O) groups excluding carboxylic acids is 1. The lowest BCUT2D eigenvalue weighted by Gasteiger charge is -2.03. The molecule has 1 heterocycles. The minimum atomic E-state index is -0.510. The smallest absolute Gasteiger partial charge is 0.255 e. The molecule has 1 aliphatic carbocycles.